The first-order valence-corrected chi connectivity index (χ1v) is 9.72. The van der Waals surface area contributed by atoms with Crippen molar-refractivity contribution in [3.63, 3.8) is 0 Å². The predicted octanol–water partition coefficient (Wildman–Crippen LogP) is 2.18. The Labute approximate surface area is 168 Å². The molecule has 2 aliphatic heterocycles. The molecule has 0 radical (unpaired) electrons. The second-order valence-corrected chi connectivity index (χ2v) is 7.58. The molecule has 28 heavy (non-hydrogen) atoms. The van der Waals surface area contributed by atoms with Crippen LogP contribution in [0.15, 0.2) is 36.5 Å². The summed E-state index contributed by atoms with van der Waals surface area (Å²) in [6.07, 6.45) is 3.19. The van der Waals surface area contributed by atoms with Crippen LogP contribution in [-0.4, -0.2) is 47.5 Å². The molecule has 0 bridgehead atoms. The highest BCUT2D eigenvalue weighted by atomic mass is 35.5. The number of primary amides is 1. The molecule has 1 unspecified atom stereocenters. The Morgan fingerprint density at radius 1 is 1.21 bits per heavy atom. The van der Waals surface area contributed by atoms with Crippen LogP contribution >= 0.6 is 11.6 Å². The topological polar surface area (TPSA) is 91.6 Å². The van der Waals surface area contributed by atoms with E-state index < -0.39 is 5.91 Å². The number of pyridine rings is 1. The van der Waals surface area contributed by atoms with Gasteiger partial charge < -0.3 is 20.9 Å². The largest absolute Gasteiger partial charge is 0.366 e. The number of fused-ring (bicyclic) bond motifs is 1. The van der Waals surface area contributed by atoms with Crippen LogP contribution in [0, 0.1) is 0 Å². The van der Waals surface area contributed by atoms with Crippen molar-refractivity contribution in [2.75, 3.05) is 24.5 Å². The Kier molecular flexibility index (Phi) is 5.09. The van der Waals surface area contributed by atoms with Crippen molar-refractivity contribution in [2.24, 2.45) is 5.73 Å². The Hall–Kier alpha value is -2.80. The van der Waals surface area contributed by atoms with Gasteiger partial charge in [0.1, 0.15) is 5.82 Å². The summed E-state index contributed by atoms with van der Waals surface area (Å²) in [7, 11) is 0. The smallest absolute Gasteiger partial charge is 0.317 e. The minimum absolute atomic E-state index is 0.0453. The first kappa shape index (κ1) is 18.6. The highest BCUT2D eigenvalue weighted by molar-refractivity contribution is 6.32. The van der Waals surface area contributed by atoms with E-state index >= 15 is 0 Å². The van der Waals surface area contributed by atoms with Crippen LogP contribution in [0.1, 0.15) is 27.9 Å². The quantitative estimate of drug-likeness (QED) is 0.827. The molecule has 4 rings (SSSR count). The molecule has 1 aromatic carbocycles. The first-order valence-electron chi connectivity index (χ1n) is 9.34. The van der Waals surface area contributed by atoms with E-state index in [1.54, 1.807) is 23.2 Å². The molecule has 3 heterocycles. The van der Waals surface area contributed by atoms with Gasteiger partial charge in [0.2, 0.25) is 5.91 Å². The minimum atomic E-state index is -0.422. The number of rotatable bonds is 3. The molecule has 2 aliphatic rings. The van der Waals surface area contributed by atoms with Gasteiger partial charge in [0.15, 0.2) is 0 Å². The van der Waals surface area contributed by atoms with Crippen LogP contribution in [0.25, 0.3) is 0 Å². The number of anilines is 1. The van der Waals surface area contributed by atoms with Crippen molar-refractivity contribution in [1.82, 2.24) is 15.2 Å². The maximum Gasteiger partial charge on any atom is 0.317 e. The molecule has 3 N–H and O–H groups in total. The molecule has 7 nitrogen and oxygen atoms in total. The van der Waals surface area contributed by atoms with E-state index in [1.807, 2.05) is 18.2 Å². The molecule has 3 amide bonds. The summed E-state index contributed by atoms with van der Waals surface area (Å²) in [5, 5.41) is 3.74. The van der Waals surface area contributed by atoms with Crippen LogP contribution in [-0.2, 0) is 13.0 Å². The number of carbonyl (C=O) groups is 2. The number of hydrogen-bond donors (Lipinski definition) is 2. The molecule has 8 heteroatoms. The van der Waals surface area contributed by atoms with Gasteiger partial charge in [-0.3, -0.25) is 4.79 Å². The highest BCUT2D eigenvalue weighted by Gasteiger charge is 2.29. The van der Waals surface area contributed by atoms with Crippen molar-refractivity contribution in [3.8, 4) is 0 Å². The minimum Gasteiger partial charge on any atom is -0.366 e. The summed E-state index contributed by atoms with van der Waals surface area (Å²) in [5.41, 5.74) is 7.95. The van der Waals surface area contributed by atoms with Gasteiger partial charge in [0.25, 0.3) is 0 Å². The van der Waals surface area contributed by atoms with Crippen molar-refractivity contribution in [2.45, 2.75) is 25.4 Å². The van der Waals surface area contributed by atoms with Gasteiger partial charge in [0, 0.05) is 44.0 Å². The monoisotopic (exact) mass is 399 g/mol. The summed E-state index contributed by atoms with van der Waals surface area (Å²) in [5.74, 6) is 0.334. The molecule has 146 valence electrons. The molecular formula is C20H22ClN5O2. The molecular weight excluding hydrogens is 378 g/mol. The summed E-state index contributed by atoms with van der Waals surface area (Å²) in [4.78, 5) is 32.6. The third-order valence-electron chi connectivity index (χ3n) is 5.37. The normalized spacial score (nSPS) is 18.7. The zero-order valence-corrected chi connectivity index (χ0v) is 16.2. The van der Waals surface area contributed by atoms with E-state index in [2.05, 4.69) is 15.2 Å². The van der Waals surface area contributed by atoms with E-state index in [4.69, 9.17) is 17.3 Å². The van der Waals surface area contributed by atoms with Gasteiger partial charge in [-0.2, -0.15) is 0 Å². The Morgan fingerprint density at radius 3 is 2.86 bits per heavy atom. The fourth-order valence-corrected chi connectivity index (χ4v) is 4.20. The van der Waals surface area contributed by atoms with Gasteiger partial charge >= 0.3 is 6.03 Å². The number of benzene rings is 1. The molecule has 1 fully saturated rings. The second kappa shape index (κ2) is 7.67. The summed E-state index contributed by atoms with van der Waals surface area (Å²) in [6.45, 7) is 2.52. The second-order valence-electron chi connectivity index (χ2n) is 7.17. The van der Waals surface area contributed by atoms with Crippen LogP contribution in [0.2, 0.25) is 5.02 Å². The lowest BCUT2D eigenvalue weighted by molar-refractivity contribution is 0.0999. The number of nitrogens with zero attached hydrogens (tertiary/aromatic N) is 3. The van der Waals surface area contributed by atoms with Gasteiger partial charge in [-0.1, -0.05) is 23.7 Å². The third kappa shape index (κ3) is 3.62. The SMILES string of the molecule is NC(=O)c1cccc2c1CCN(C(=O)NC1CCN(c3ncccc3Cl)C1)C2. The summed E-state index contributed by atoms with van der Waals surface area (Å²) < 4.78 is 0. The summed E-state index contributed by atoms with van der Waals surface area (Å²) in [6, 6.07) is 9.08. The van der Waals surface area contributed by atoms with Crippen LogP contribution in [0.4, 0.5) is 10.6 Å². The van der Waals surface area contributed by atoms with E-state index in [-0.39, 0.29) is 12.1 Å². The average Bonchev–Trinajstić information content (AvgIpc) is 3.15. The molecule has 1 saturated heterocycles. The molecule has 0 spiro atoms. The lowest BCUT2D eigenvalue weighted by Gasteiger charge is -2.31. The zero-order chi connectivity index (χ0) is 19.7. The average molecular weight is 400 g/mol. The fourth-order valence-electron chi connectivity index (χ4n) is 3.96. The number of carbonyl (C=O) groups excluding carboxylic acids is 2. The summed E-state index contributed by atoms with van der Waals surface area (Å²) >= 11 is 6.23. The van der Waals surface area contributed by atoms with E-state index in [0.29, 0.717) is 36.6 Å². The van der Waals surface area contributed by atoms with Gasteiger partial charge in [0.05, 0.1) is 5.02 Å². The molecule has 0 saturated carbocycles. The third-order valence-corrected chi connectivity index (χ3v) is 5.67. The molecule has 1 atom stereocenters. The first-order chi connectivity index (χ1) is 13.5. The maximum absolute atomic E-state index is 12.8. The molecule has 0 aliphatic carbocycles. The standard InChI is InChI=1S/C20H22ClN5O2/c21-17-5-2-8-23-19(17)25-9-6-14(12-25)24-20(28)26-10-7-15-13(11-26)3-1-4-16(15)18(22)27/h1-5,8,14H,6-7,9-12H2,(H2,22,27)(H,24,28). The van der Waals surface area contributed by atoms with Gasteiger partial charge in [-0.25, -0.2) is 9.78 Å². The number of nitrogens with one attached hydrogen (secondary N) is 1. The van der Waals surface area contributed by atoms with Crippen LogP contribution < -0.4 is 16.0 Å². The lowest BCUT2D eigenvalue weighted by atomic mass is 9.94. The number of amides is 3. The van der Waals surface area contributed by atoms with Crippen molar-refractivity contribution >= 4 is 29.4 Å². The Balaban J connectivity index is 1.38. The molecule has 1 aromatic heterocycles. The lowest BCUT2D eigenvalue weighted by Crippen LogP contribution is -2.47. The Morgan fingerprint density at radius 2 is 2.07 bits per heavy atom. The zero-order valence-electron chi connectivity index (χ0n) is 15.4. The van der Waals surface area contributed by atoms with Gasteiger partial charge in [-0.05, 0) is 42.2 Å². The van der Waals surface area contributed by atoms with E-state index in [0.717, 1.165) is 29.9 Å². The number of hydrogen-bond acceptors (Lipinski definition) is 4. The number of aromatic nitrogens is 1. The number of nitrogens with two attached hydrogens (primary N) is 1. The van der Waals surface area contributed by atoms with Gasteiger partial charge in [-0.15, -0.1) is 0 Å². The highest BCUT2D eigenvalue weighted by Crippen LogP contribution is 2.26. The predicted molar refractivity (Wildman–Crippen MR) is 107 cm³/mol. The number of halogens is 1. The molecule has 2 aromatic rings. The van der Waals surface area contributed by atoms with E-state index in [9.17, 15) is 9.59 Å². The van der Waals surface area contributed by atoms with Crippen molar-refractivity contribution in [3.05, 3.63) is 58.2 Å². The maximum atomic E-state index is 12.8. The van der Waals surface area contributed by atoms with Crippen molar-refractivity contribution in [1.29, 1.82) is 0 Å². The fraction of sp³-hybridized carbons (Fsp3) is 0.350. The van der Waals surface area contributed by atoms with Crippen molar-refractivity contribution < 1.29 is 9.59 Å². The number of urea groups is 1. The van der Waals surface area contributed by atoms with E-state index in [1.165, 1.54) is 0 Å². The van der Waals surface area contributed by atoms with Crippen LogP contribution in [0.5, 0.6) is 0 Å². The van der Waals surface area contributed by atoms with Crippen LogP contribution in [0.3, 0.4) is 0 Å². The Bertz CT molecular complexity index is 919.